The second-order valence-corrected chi connectivity index (χ2v) is 29.8. The second kappa shape index (κ2) is 13.9. The van der Waals surface area contributed by atoms with E-state index in [9.17, 15) is 0 Å². The van der Waals surface area contributed by atoms with Gasteiger partial charge < -0.3 is 18.3 Å². The molecule has 0 amide bonds. The maximum atomic E-state index is 7.12. The lowest BCUT2D eigenvalue weighted by Gasteiger charge is -2.45. The van der Waals surface area contributed by atoms with Crippen molar-refractivity contribution in [2.45, 2.75) is 181 Å². The minimum atomic E-state index is -1.98. The zero-order valence-corrected chi connectivity index (χ0v) is 36.0. The summed E-state index contributed by atoms with van der Waals surface area (Å²) in [5, 5.41) is 0.331. The third kappa shape index (κ3) is 7.95. The van der Waals surface area contributed by atoms with Crippen LogP contribution in [-0.4, -0.2) is 47.8 Å². The van der Waals surface area contributed by atoms with Gasteiger partial charge in [0, 0.05) is 11.8 Å². The zero-order chi connectivity index (χ0) is 36.3. The number of rotatable bonds is 10. The standard InChI is InChI=1S/C43H74O4Si2/c1-31(17-15-24-43(25-26-43)42(10)44-27-28-45-42)36-21-22-37-33(18-16-23-41(36,37)9)19-20-34-29-35(46-48(11,12)39(3,4)5)30-38(32(34)2)47-49(13,14)40(6,7)8/h15,17,19-20,31,35-38H,2,16,18,21-30H2,1,3-14H3/b17-15+,33-19+,34-20-/t31-,35-,36-,37+,38+,41-/m1/s1. The first-order chi connectivity index (χ1) is 22.5. The van der Waals surface area contributed by atoms with Crippen molar-refractivity contribution in [3.63, 3.8) is 0 Å². The van der Waals surface area contributed by atoms with Crippen LogP contribution < -0.4 is 0 Å². The summed E-state index contributed by atoms with van der Waals surface area (Å²) in [4.78, 5) is 0. The van der Waals surface area contributed by atoms with Crippen molar-refractivity contribution in [2.75, 3.05) is 13.2 Å². The maximum absolute atomic E-state index is 7.12. The Kier molecular flexibility index (Phi) is 11.2. The van der Waals surface area contributed by atoms with E-state index in [4.69, 9.17) is 24.9 Å². The van der Waals surface area contributed by atoms with Crippen molar-refractivity contribution in [3.05, 3.63) is 47.6 Å². The fraction of sp³-hybridized carbons (Fsp3) is 0.814. The fourth-order valence-electron chi connectivity index (χ4n) is 9.37. The van der Waals surface area contributed by atoms with Crippen LogP contribution in [0.4, 0.5) is 0 Å². The predicted octanol–water partition coefficient (Wildman–Crippen LogP) is 12.3. The minimum absolute atomic E-state index is 0.0262. The lowest BCUT2D eigenvalue weighted by atomic mass is 9.61. The number of allylic oxidation sites excluding steroid dienone is 5. The van der Waals surface area contributed by atoms with Crippen molar-refractivity contribution < 1.29 is 18.3 Å². The molecule has 5 fully saturated rings. The van der Waals surface area contributed by atoms with Gasteiger partial charge in [0.2, 0.25) is 0 Å². The Hall–Kier alpha value is -0.766. The van der Waals surface area contributed by atoms with Crippen LogP contribution in [0.25, 0.3) is 0 Å². The topological polar surface area (TPSA) is 36.9 Å². The summed E-state index contributed by atoms with van der Waals surface area (Å²) in [6.45, 7) is 37.1. The van der Waals surface area contributed by atoms with Crippen molar-refractivity contribution in [1.29, 1.82) is 0 Å². The molecule has 0 aromatic carbocycles. The lowest BCUT2D eigenvalue weighted by molar-refractivity contribution is -0.191. The number of hydrogen-bond acceptors (Lipinski definition) is 4. The van der Waals surface area contributed by atoms with Gasteiger partial charge >= 0.3 is 0 Å². The largest absolute Gasteiger partial charge is 0.413 e. The molecule has 0 N–H and O–H groups in total. The van der Waals surface area contributed by atoms with Gasteiger partial charge in [0.1, 0.15) is 0 Å². The van der Waals surface area contributed by atoms with Crippen LogP contribution in [0.15, 0.2) is 47.6 Å². The summed E-state index contributed by atoms with van der Waals surface area (Å²) in [6, 6.07) is 0. The highest BCUT2D eigenvalue weighted by Crippen LogP contribution is 2.61. The fourth-order valence-corrected chi connectivity index (χ4v) is 12.0. The summed E-state index contributed by atoms with van der Waals surface area (Å²) in [6.07, 6.45) is 22.1. The number of hydrogen-bond donors (Lipinski definition) is 0. The van der Waals surface area contributed by atoms with E-state index < -0.39 is 16.6 Å². The summed E-state index contributed by atoms with van der Waals surface area (Å²) in [7, 11) is -3.92. The molecule has 0 aromatic heterocycles. The molecule has 4 nitrogen and oxygen atoms in total. The second-order valence-electron chi connectivity index (χ2n) is 20.3. The maximum Gasteiger partial charge on any atom is 0.192 e. The van der Waals surface area contributed by atoms with Gasteiger partial charge in [-0.05, 0) is 135 Å². The van der Waals surface area contributed by atoms with Crippen LogP contribution >= 0.6 is 0 Å². The molecule has 0 spiro atoms. The molecule has 1 saturated heterocycles. The van der Waals surface area contributed by atoms with E-state index in [0.717, 1.165) is 38.4 Å². The van der Waals surface area contributed by atoms with Gasteiger partial charge in [-0.1, -0.05) is 91.8 Å². The summed E-state index contributed by atoms with van der Waals surface area (Å²) >= 11 is 0. The van der Waals surface area contributed by atoms with E-state index >= 15 is 0 Å². The summed E-state index contributed by atoms with van der Waals surface area (Å²) in [5.74, 6) is 1.59. The average Bonchev–Trinajstić information content (AvgIpc) is 3.50. The molecule has 278 valence electrons. The lowest BCUT2D eigenvalue weighted by Crippen LogP contribution is -2.49. The molecular formula is C43H74O4Si2. The molecule has 5 rings (SSSR count). The van der Waals surface area contributed by atoms with Crippen LogP contribution in [0, 0.1) is 28.6 Å². The Morgan fingerprint density at radius 3 is 2.10 bits per heavy atom. The molecular weight excluding hydrogens is 637 g/mol. The van der Waals surface area contributed by atoms with Crippen LogP contribution in [0.3, 0.4) is 0 Å². The normalized spacial score (nSPS) is 34.6. The zero-order valence-electron chi connectivity index (χ0n) is 34.0. The molecule has 4 aliphatic carbocycles. The van der Waals surface area contributed by atoms with E-state index in [1.54, 1.807) is 5.57 Å². The molecule has 0 radical (unpaired) electrons. The molecule has 1 heterocycles. The third-order valence-corrected chi connectivity index (χ3v) is 24.0. The van der Waals surface area contributed by atoms with Gasteiger partial charge in [-0.15, -0.1) is 0 Å². The van der Waals surface area contributed by atoms with E-state index in [1.165, 1.54) is 56.1 Å². The van der Waals surface area contributed by atoms with Crippen molar-refractivity contribution in [2.24, 2.45) is 28.6 Å². The quantitative estimate of drug-likeness (QED) is 0.167. The Balaban J connectivity index is 1.33. The third-order valence-electron chi connectivity index (χ3n) is 15.0. The molecule has 49 heavy (non-hydrogen) atoms. The van der Waals surface area contributed by atoms with Gasteiger partial charge in [0.25, 0.3) is 0 Å². The average molecular weight is 711 g/mol. The smallest absolute Gasteiger partial charge is 0.192 e. The monoisotopic (exact) mass is 711 g/mol. The van der Waals surface area contributed by atoms with E-state index in [-0.39, 0.29) is 33.5 Å². The molecule has 0 bridgehead atoms. The first-order valence-electron chi connectivity index (χ1n) is 19.9. The molecule has 5 aliphatic rings. The molecule has 6 atom stereocenters. The highest BCUT2D eigenvalue weighted by molar-refractivity contribution is 6.74. The van der Waals surface area contributed by atoms with Gasteiger partial charge in [-0.2, -0.15) is 0 Å². The Bertz CT molecular complexity index is 1300. The van der Waals surface area contributed by atoms with Crippen molar-refractivity contribution >= 4 is 16.6 Å². The Morgan fingerprint density at radius 1 is 0.898 bits per heavy atom. The summed E-state index contributed by atoms with van der Waals surface area (Å²) in [5.41, 5.74) is 4.75. The SMILES string of the molecule is C=C1/C(=C\C=C2/CCC[C@]3(C)[C@@H]([C@H](C)/C=C/CC4(C5(C)OCCO5)CC4)CC[C@@H]23)C[C@@H](O[Si](C)(C)C(C)(C)C)C[C@@H]1O[Si](C)(C)C(C)(C)C. The van der Waals surface area contributed by atoms with E-state index in [0.29, 0.717) is 17.3 Å². The molecule has 0 unspecified atom stereocenters. The highest BCUT2D eigenvalue weighted by Gasteiger charge is 2.59. The Labute approximate surface area is 304 Å². The van der Waals surface area contributed by atoms with Crippen LogP contribution in [0.1, 0.15) is 127 Å². The summed E-state index contributed by atoms with van der Waals surface area (Å²) < 4.78 is 26.4. The van der Waals surface area contributed by atoms with Gasteiger partial charge in [0.15, 0.2) is 22.4 Å². The first kappa shape index (κ1) is 39.4. The Morgan fingerprint density at radius 2 is 1.51 bits per heavy atom. The molecule has 6 heteroatoms. The molecule has 1 aliphatic heterocycles. The van der Waals surface area contributed by atoms with Crippen LogP contribution in [-0.2, 0) is 18.3 Å². The number of ether oxygens (including phenoxy) is 2. The number of fused-ring (bicyclic) bond motifs is 1. The molecule has 0 aromatic rings. The molecule has 4 saturated carbocycles. The predicted molar refractivity (Wildman–Crippen MR) is 212 cm³/mol. The van der Waals surface area contributed by atoms with Gasteiger partial charge in [-0.3, -0.25) is 0 Å². The van der Waals surface area contributed by atoms with Crippen molar-refractivity contribution in [3.8, 4) is 0 Å². The van der Waals surface area contributed by atoms with Gasteiger partial charge in [-0.25, -0.2) is 0 Å². The minimum Gasteiger partial charge on any atom is -0.413 e. The van der Waals surface area contributed by atoms with Gasteiger partial charge in [0.05, 0.1) is 25.4 Å². The van der Waals surface area contributed by atoms with E-state index in [2.05, 4.69) is 113 Å². The van der Waals surface area contributed by atoms with E-state index in [1.807, 2.05) is 0 Å². The van der Waals surface area contributed by atoms with Crippen molar-refractivity contribution in [1.82, 2.24) is 0 Å². The first-order valence-corrected chi connectivity index (χ1v) is 25.7. The van der Waals surface area contributed by atoms with Crippen LogP contribution in [0.2, 0.25) is 36.3 Å². The van der Waals surface area contributed by atoms with Crippen LogP contribution in [0.5, 0.6) is 0 Å². The highest BCUT2D eigenvalue weighted by atomic mass is 28.4.